The van der Waals surface area contributed by atoms with E-state index in [1.807, 2.05) is 31.7 Å². The molecule has 4 nitrogen and oxygen atoms in total. The molecule has 0 aromatic heterocycles. The summed E-state index contributed by atoms with van der Waals surface area (Å²) >= 11 is 0. The molecule has 1 fully saturated rings. The molecule has 5 heteroatoms. The van der Waals surface area contributed by atoms with Gasteiger partial charge in [0.25, 0.3) is 0 Å². The Kier molecular flexibility index (Phi) is 4.93. The number of hydrogen-bond donors (Lipinski definition) is 1. The molecule has 132 valence electrons. The van der Waals surface area contributed by atoms with E-state index in [1.165, 1.54) is 11.6 Å². The average Bonchev–Trinajstić information content (AvgIpc) is 2.58. The molecule has 0 saturated carbocycles. The third-order valence-electron chi connectivity index (χ3n) is 4.67. The smallest absolute Gasteiger partial charge is 0.321 e. The van der Waals surface area contributed by atoms with Crippen molar-refractivity contribution in [2.75, 3.05) is 36.4 Å². The number of benzene rings is 2. The van der Waals surface area contributed by atoms with Crippen LogP contribution >= 0.6 is 0 Å². The SMILES string of the molecule is Cc1cc(C)c(NC(=O)N2CCN(c3ccccc3F)CC2)c(C)c1. The lowest BCUT2D eigenvalue weighted by Crippen LogP contribution is -2.50. The van der Waals surface area contributed by atoms with Crippen LogP contribution < -0.4 is 10.2 Å². The van der Waals surface area contributed by atoms with Crippen molar-refractivity contribution in [1.82, 2.24) is 4.90 Å². The van der Waals surface area contributed by atoms with E-state index in [0.717, 1.165) is 16.8 Å². The topological polar surface area (TPSA) is 35.6 Å². The standard InChI is InChI=1S/C20H24FN3O/c1-14-12-15(2)19(16(3)13-14)22-20(25)24-10-8-23(9-11-24)18-7-5-4-6-17(18)21/h4-7,12-13H,8-11H2,1-3H3,(H,22,25). The lowest BCUT2D eigenvalue weighted by Gasteiger charge is -2.36. The summed E-state index contributed by atoms with van der Waals surface area (Å²) in [6.07, 6.45) is 0. The number of nitrogens with one attached hydrogen (secondary N) is 1. The molecule has 0 bridgehead atoms. The minimum atomic E-state index is -0.216. The van der Waals surface area contributed by atoms with Gasteiger partial charge in [0, 0.05) is 31.9 Å². The average molecular weight is 341 g/mol. The third kappa shape index (κ3) is 3.76. The van der Waals surface area contributed by atoms with E-state index >= 15 is 0 Å². The number of amides is 2. The maximum atomic E-state index is 13.9. The summed E-state index contributed by atoms with van der Waals surface area (Å²) in [7, 11) is 0. The predicted molar refractivity (Wildman–Crippen MR) is 99.9 cm³/mol. The van der Waals surface area contributed by atoms with Gasteiger partial charge < -0.3 is 15.1 Å². The van der Waals surface area contributed by atoms with Crippen molar-refractivity contribution in [1.29, 1.82) is 0 Å². The number of rotatable bonds is 2. The molecule has 0 aliphatic carbocycles. The number of aryl methyl sites for hydroxylation is 3. The fraction of sp³-hybridized carbons (Fsp3) is 0.350. The summed E-state index contributed by atoms with van der Waals surface area (Å²) in [4.78, 5) is 16.4. The van der Waals surface area contributed by atoms with Gasteiger partial charge in [-0.15, -0.1) is 0 Å². The molecule has 2 aromatic rings. The van der Waals surface area contributed by atoms with Crippen LogP contribution in [-0.2, 0) is 0 Å². The number of hydrogen-bond acceptors (Lipinski definition) is 2. The number of piperazine rings is 1. The Hall–Kier alpha value is -2.56. The van der Waals surface area contributed by atoms with Gasteiger partial charge in [0.05, 0.1) is 5.69 Å². The maximum Gasteiger partial charge on any atom is 0.321 e. The fourth-order valence-corrected chi connectivity index (χ4v) is 3.42. The summed E-state index contributed by atoms with van der Waals surface area (Å²) in [5.74, 6) is -0.216. The van der Waals surface area contributed by atoms with Gasteiger partial charge >= 0.3 is 6.03 Å². The summed E-state index contributed by atoms with van der Waals surface area (Å²) in [5.41, 5.74) is 4.80. The zero-order valence-electron chi connectivity index (χ0n) is 15.0. The van der Waals surface area contributed by atoms with E-state index in [4.69, 9.17) is 0 Å². The van der Waals surface area contributed by atoms with Crippen LogP contribution in [0.1, 0.15) is 16.7 Å². The number of urea groups is 1. The molecule has 1 N–H and O–H groups in total. The van der Waals surface area contributed by atoms with Gasteiger partial charge in [0.15, 0.2) is 0 Å². The molecule has 1 saturated heterocycles. The lowest BCUT2D eigenvalue weighted by atomic mass is 10.1. The molecule has 0 unspecified atom stereocenters. The molecule has 2 aromatic carbocycles. The van der Waals surface area contributed by atoms with Crippen LogP contribution in [0.3, 0.4) is 0 Å². The first-order chi connectivity index (χ1) is 12.0. The normalized spacial score (nSPS) is 14.6. The van der Waals surface area contributed by atoms with Crippen LogP contribution in [0.2, 0.25) is 0 Å². The Morgan fingerprint density at radius 3 is 2.20 bits per heavy atom. The second-order valence-corrected chi connectivity index (χ2v) is 6.63. The van der Waals surface area contributed by atoms with Crippen molar-refractivity contribution in [2.45, 2.75) is 20.8 Å². The molecule has 0 radical (unpaired) electrons. The second kappa shape index (κ2) is 7.13. The summed E-state index contributed by atoms with van der Waals surface area (Å²) in [6, 6.07) is 10.8. The van der Waals surface area contributed by atoms with Gasteiger partial charge in [0.1, 0.15) is 5.82 Å². The van der Waals surface area contributed by atoms with E-state index in [0.29, 0.717) is 31.9 Å². The van der Waals surface area contributed by atoms with Gasteiger partial charge in [0.2, 0.25) is 0 Å². The summed E-state index contributed by atoms with van der Waals surface area (Å²) in [6.45, 7) is 8.46. The van der Waals surface area contributed by atoms with Crippen molar-refractivity contribution in [3.8, 4) is 0 Å². The van der Waals surface area contributed by atoms with Crippen molar-refractivity contribution >= 4 is 17.4 Å². The van der Waals surface area contributed by atoms with Gasteiger partial charge in [-0.3, -0.25) is 0 Å². The second-order valence-electron chi connectivity index (χ2n) is 6.63. The first-order valence-corrected chi connectivity index (χ1v) is 8.59. The number of para-hydroxylation sites is 1. The third-order valence-corrected chi connectivity index (χ3v) is 4.67. The number of carbonyl (C=O) groups is 1. The minimum Gasteiger partial charge on any atom is -0.366 e. The van der Waals surface area contributed by atoms with Gasteiger partial charge in [-0.25, -0.2) is 9.18 Å². The fourth-order valence-electron chi connectivity index (χ4n) is 3.42. The summed E-state index contributed by atoms with van der Waals surface area (Å²) < 4.78 is 13.9. The molecule has 1 heterocycles. The minimum absolute atomic E-state index is 0.0942. The monoisotopic (exact) mass is 341 g/mol. The summed E-state index contributed by atoms with van der Waals surface area (Å²) in [5, 5.41) is 3.04. The van der Waals surface area contributed by atoms with E-state index in [-0.39, 0.29) is 11.8 Å². The first-order valence-electron chi connectivity index (χ1n) is 8.59. The molecule has 1 aliphatic heterocycles. The molecule has 3 rings (SSSR count). The zero-order valence-corrected chi connectivity index (χ0v) is 15.0. The largest absolute Gasteiger partial charge is 0.366 e. The first kappa shape index (κ1) is 17.3. The number of nitrogens with zero attached hydrogens (tertiary/aromatic N) is 2. The predicted octanol–water partition coefficient (Wildman–Crippen LogP) is 4.11. The van der Waals surface area contributed by atoms with Crippen LogP contribution in [0, 0.1) is 26.6 Å². The van der Waals surface area contributed by atoms with Crippen LogP contribution in [0.4, 0.5) is 20.6 Å². The molecule has 0 spiro atoms. The van der Waals surface area contributed by atoms with Gasteiger partial charge in [-0.05, 0) is 44.0 Å². The van der Waals surface area contributed by atoms with Crippen LogP contribution in [0.15, 0.2) is 36.4 Å². The van der Waals surface area contributed by atoms with E-state index in [9.17, 15) is 9.18 Å². The lowest BCUT2D eigenvalue weighted by molar-refractivity contribution is 0.208. The quantitative estimate of drug-likeness (QED) is 0.892. The van der Waals surface area contributed by atoms with Crippen LogP contribution in [-0.4, -0.2) is 37.1 Å². The van der Waals surface area contributed by atoms with Crippen molar-refractivity contribution in [3.05, 3.63) is 58.9 Å². The highest BCUT2D eigenvalue weighted by molar-refractivity contribution is 5.91. The molecule has 2 amide bonds. The highest BCUT2D eigenvalue weighted by Gasteiger charge is 2.23. The highest BCUT2D eigenvalue weighted by atomic mass is 19.1. The molecular formula is C20H24FN3O. The van der Waals surface area contributed by atoms with Crippen molar-refractivity contribution in [2.24, 2.45) is 0 Å². The Morgan fingerprint density at radius 1 is 1.00 bits per heavy atom. The highest BCUT2D eigenvalue weighted by Crippen LogP contribution is 2.23. The Balaban J connectivity index is 1.64. The Bertz CT molecular complexity index is 759. The maximum absolute atomic E-state index is 13.9. The molecular weight excluding hydrogens is 317 g/mol. The number of carbonyl (C=O) groups excluding carboxylic acids is 1. The van der Waals surface area contributed by atoms with Crippen LogP contribution in [0.5, 0.6) is 0 Å². The molecule has 0 atom stereocenters. The van der Waals surface area contributed by atoms with Crippen molar-refractivity contribution < 1.29 is 9.18 Å². The molecule has 25 heavy (non-hydrogen) atoms. The van der Waals surface area contributed by atoms with E-state index < -0.39 is 0 Å². The Labute approximate surface area is 148 Å². The zero-order chi connectivity index (χ0) is 18.0. The van der Waals surface area contributed by atoms with Gasteiger partial charge in [-0.1, -0.05) is 29.8 Å². The van der Waals surface area contributed by atoms with E-state index in [1.54, 1.807) is 17.0 Å². The van der Waals surface area contributed by atoms with Crippen LogP contribution in [0.25, 0.3) is 0 Å². The molecule has 1 aliphatic rings. The Morgan fingerprint density at radius 2 is 1.60 bits per heavy atom. The van der Waals surface area contributed by atoms with Gasteiger partial charge in [-0.2, -0.15) is 0 Å². The number of halogens is 1. The van der Waals surface area contributed by atoms with E-state index in [2.05, 4.69) is 17.4 Å². The number of anilines is 2. The van der Waals surface area contributed by atoms with Crippen molar-refractivity contribution in [3.63, 3.8) is 0 Å².